The quantitative estimate of drug-likeness (QED) is 0.777. The van der Waals surface area contributed by atoms with Crippen LogP contribution >= 0.6 is 0 Å². The molecule has 0 aliphatic heterocycles. The number of hydrogen-bond donors (Lipinski definition) is 2. The molecule has 0 spiro atoms. The number of nitrogens with zero attached hydrogens (tertiary/aromatic N) is 2. The second kappa shape index (κ2) is 3.34. The molecule has 0 aliphatic rings. The van der Waals surface area contributed by atoms with Crippen LogP contribution in [0.3, 0.4) is 0 Å². The smallest absolute Gasteiger partial charge is 0.433 e. The van der Waals surface area contributed by atoms with E-state index in [1.807, 2.05) is 5.10 Å². The zero-order valence-electron chi connectivity index (χ0n) is 7.95. The van der Waals surface area contributed by atoms with Crippen molar-refractivity contribution in [2.75, 3.05) is 0 Å². The van der Waals surface area contributed by atoms with Gasteiger partial charge in [0, 0.05) is 12.1 Å². The number of carbonyl (C=O) groups is 1. The van der Waals surface area contributed by atoms with Gasteiger partial charge in [-0.15, -0.1) is 0 Å². The molecular formula is C8H4F3N3O3. The second-order valence-corrected chi connectivity index (χ2v) is 3.14. The lowest BCUT2D eigenvalue weighted by molar-refractivity contribution is -0.141. The molecule has 2 aromatic rings. The van der Waals surface area contributed by atoms with Crippen molar-refractivity contribution in [3.8, 4) is 0 Å². The minimum atomic E-state index is -4.78. The topological polar surface area (TPSA) is 87.5 Å². The first-order chi connectivity index (χ1) is 7.79. The fourth-order valence-electron chi connectivity index (χ4n) is 1.30. The van der Waals surface area contributed by atoms with Gasteiger partial charge in [-0.05, 0) is 0 Å². The molecule has 2 N–H and O–H groups in total. The van der Waals surface area contributed by atoms with Gasteiger partial charge in [-0.2, -0.15) is 13.2 Å². The molecule has 2 heterocycles. The van der Waals surface area contributed by atoms with Crippen molar-refractivity contribution in [1.29, 1.82) is 0 Å². The van der Waals surface area contributed by atoms with E-state index in [9.17, 15) is 22.8 Å². The number of H-pyrrole nitrogens is 1. The third kappa shape index (κ3) is 1.86. The van der Waals surface area contributed by atoms with Crippen LogP contribution in [0.2, 0.25) is 0 Å². The highest BCUT2D eigenvalue weighted by Crippen LogP contribution is 2.28. The van der Waals surface area contributed by atoms with Crippen molar-refractivity contribution in [2.45, 2.75) is 6.18 Å². The zero-order valence-corrected chi connectivity index (χ0v) is 7.95. The number of carboxylic acids is 1. The van der Waals surface area contributed by atoms with Crippen molar-refractivity contribution in [1.82, 2.24) is 14.6 Å². The summed E-state index contributed by atoms with van der Waals surface area (Å²) in [7, 11) is 0. The number of hydrogen-bond acceptors (Lipinski definition) is 3. The van der Waals surface area contributed by atoms with Gasteiger partial charge in [0.25, 0.3) is 5.56 Å². The molecule has 17 heavy (non-hydrogen) atoms. The Kier molecular flexibility index (Phi) is 2.19. The first-order valence-electron chi connectivity index (χ1n) is 4.22. The van der Waals surface area contributed by atoms with Crippen molar-refractivity contribution in [3.63, 3.8) is 0 Å². The van der Waals surface area contributed by atoms with Crippen molar-refractivity contribution >= 4 is 11.6 Å². The van der Waals surface area contributed by atoms with Gasteiger partial charge in [-0.25, -0.2) is 14.3 Å². The van der Waals surface area contributed by atoms with Gasteiger partial charge in [0.1, 0.15) is 5.69 Å². The number of aromatic nitrogens is 3. The maximum atomic E-state index is 12.4. The molecule has 0 amide bonds. The summed E-state index contributed by atoms with van der Waals surface area (Å²) < 4.78 is 37.9. The summed E-state index contributed by atoms with van der Waals surface area (Å²) in [6.45, 7) is 0. The van der Waals surface area contributed by atoms with Gasteiger partial charge in [0.15, 0.2) is 11.3 Å². The Balaban J connectivity index is 2.85. The van der Waals surface area contributed by atoms with E-state index in [1.54, 1.807) is 0 Å². The molecule has 0 radical (unpaired) electrons. The summed E-state index contributed by atoms with van der Waals surface area (Å²) in [6.07, 6.45) is -4.78. The molecule has 2 aromatic heterocycles. The molecular weight excluding hydrogens is 243 g/mol. The monoisotopic (exact) mass is 247 g/mol. The number of rotatable bonds is 1. The van der Waals surface area contributed by atoms with Gasteiger partial charge in [0.05, 0.1) is 0 Å². The molecule has 0 bridgehead atoms. The first kappa shape index (κ1) is 11.2. The van der Waals surface area contributed by atoms with Gasteiger partial charge in [-0.1, -0.05) is 0 Å². The molecule has 0 unspecified atom stereocenters. The van der Waals surface area contributed by atoms with E-state index >= 15 is 0 Å². The first-order valence-corrected chi connectivity index (χ1v) is 4.22. The van der Waals surface area contributed by atoms with Crippen LogP contribution in [0.15, 0.2) is 16.9 Å². The maximum Gasteiger partial charge on any atom is 0.433 e. The molecule has 0 aliphatic carbocycles. The number of fused-ring (bicyclic) bond motifs is 1. The SMILES string of the molecule is O=C(O)c1cc(C(F)(F)F)nc2cc(=O)[nH]n12. The van der Waals surface area contributed by atoms with E-state index in [1.165, 1.54) is 0 Å². The lowest BCUT2D eigenvalue weighted by atomic mass is 10.3. The van der Waals surface area contributed by atoms with Crippen LogP contribution in [0, 0.1) is 0 Å². The summed E-state index contributed by atoms with van der Waals surface area (Å²) in [4.78, 5) is 24.9. The highest BCUT2D eigenvalue weighted by Gasteiger charge is 2.34. The van der Waals surface area contributed by atoms with E-state index < -0.39 is 34.7 Å². The van der Waals surface area contributed by atoms with E-state index in [0.717, 1.165) is 6.07 Å². The van der Waals surface area contributed by atoms with Crippen LogP contribution in [-0.2, 0) is 6.18 Å². The average Bonchev–Trinajstić information content (AvgIpc) is 2.54. The Bertz CT molecular complexity index is 655. The molecule has 0 saturated heterocycles. The van der Waals surface area contributed by atoms with Crippen LogP contribution in [0.25, 0.3) is 5.65 Å². The lowest BCUT2D eigenvalue weighted by Crippen LogP contribution is -2.15. The third-order valence-electron chi connectivity index (χ3n) is 1.97. The van der Waals surface area contributed by atoms with Crippen LogP contribution in [0.4, 0.5) is 13.2 Å². The predicted octanol–water partition coefficient (Wildman–Crippen LogP) is 0.740. The molecule has 9 heteroatoms. The normalized spacial score (nSPS) is 11.9. The summed E-state index contributed by atoms with van der Waals surface area (Å²) >= 11 is 0. The Morgan fingerprint density at radius 2 is 2.06 bits per heavy atom. The van der Waals surface area contributed by atoms with E-state index in [0.29, 0.717) is 10.6 Å². The van der Waals surface area contributed by atoms with E-state index in [-0.39, 0.29) is 0 Å². The van der Waals surface area contributed by atoms with Crippen molar-refractivity contribution in [3.05, 3.63) is 33.9 Å². The molecule has 0 aromatic carbocycles. The minimum Gasteiger partial charge on any atom is -0.477 e. The minimum absolute atomic E-state index is 0.352. The van der Waals surface area contributed by atoms with E-state index in [2.05, 4.69) is 4.98 Å². The lowest BCUT2D eigenvalue weighted by Gasteiger charge is -2.07. The largest absolute Gasteiger partial charge is 0.477 e. The summed E-state index contributed by atoms with van der Waals surface area (Å²) in [5.74, 6) is -1.60. The van der Waals surface area contributed by atoms with Crippen molar-refractivity contribution < 1.29 is 23.1 Å². The second-order valence-electron chi connectivity index (χ2n) is 3.14. The highest BCUT2D eigenvalue weighted by atomic mass is 19.4. The Morgan fingerprint density at radius 1 is 1.41 bits per heavy atom. The fourth-order valence-corrected chi connectivity index (χ4v) is 1.30. The molecule has 6 nitrogen and oxygen atoms in total. The zero-order chi connectivity index (χ0) is 12.8. The standard InChI is InChI=1S/C8H4F3N3O3/c9-8(10,11)4-1-3(7(16)17)14-5(12-4)2-6(15)13-14/h1-2H,(H,13,15)(H,16,17). The predicted molar refractivity (Wildman–Crippen MR) is 47.8 cm³/mol. The third-order valence-corrected chi connectivity index (χ3v) is 1.97. The summed E-state index contributed by atoms with van der Waals surface area (Å²) in [6, 6.07) is 1.13. The van der Waals surface area contributed by atoms with Crippen LogP contribution in [-0.4, -0.2) is 25.7 Å². The number of carboxylic acid groups (broad SMARTS) is 1. The molecule has 0 saturated carbocycles. The highest BCUT2D eigenvalue weighted by molar-refractivity contribution is 5.86. The number of aromatic amines is 1. The van der Waals surface area contributed by atoms with Crippen LogP contribution < -0.4 is 5.56 Å². The van der Waals surface area contributed by atoms with Crippen LogP contribution in [0.5, 0.6) is 0 Å². The number of nitrogens with one attached hydrogen (secondary N) is 1. The summed E-state index contributed by atoms with van der Waals surface area (Å²) in [5.41, 5.74) is -3.22. The maximum absolute atomic E-state index is 12.4. The van der Waals surface area contributed by atoms with Gasteiger partial charge in [-0.3, -0.25) is 9.89 Å². The van der Waals surface area contributed by atoms with Crippen LogP contribution in [0.1, 0.15) is 16.2 Å². The average molecular weight is 247 g/mol. The van der Waals surface area contributed by atoms with Gasteiger partial charge in [0.2, 0.25) is 0 Å². The molecule has 90 valence electrons. The Hall–Kier alpha value is -2.32. The van der Waals surface area contributed by atoms with Gasteiger partial charge >= 0.3 is 12.1 Å². The van der Waals surface area contributed by atoms with E-state index in [4.69, 9.17) is 5.11 Å². The number of aromatic carboxylic acids is 1. The fraction of sp³-hybridized carbons (Fsp3) is 0.125. The Morgan fingerprint density at radius 3 is 2.59 bits per heavy atom. The molecule has 2 rings (SSSR count). The van der Waals surface area contributed by atoms with Gasteiger partial charge < -0.3 is 5.11 Å². The summed E-state index contributed by atoms with van der Waals surface area (Å²) in [5, 5.41) is 10.8. The number of alkyl halides is 3. The number of halogens is 3. The Labute approximate surface area is 90.3 Å². The van der Waals surface area contributed by atoms with Crippen molar-refractivity contribution in [2.24, 2.45) is 0 Å². The molecule has 0 atom stereocenters. The molecule has 0 fully saturated rings.